The maximum absolute atomic E-state index is 4.06. The van der Waals surface area contributed by atoms with Crippen LogP contribution in [0, 0.1) is 0 Å². The third kappa shape index (κ3) is 2.72. The van der Waals surface area contributed by atoms with Gasteiger partial charge in [-0.05, 0) is 18.4 Å². The van der Waals surface area contributed by atoms with Crippen LogP contribution in [-0.2, 0) is 0 Å². The van der Waals surface area contributed by atoms with Crippen molar-refractivity contribution < 1.29 is 0 Å². The lowest BCUT2D eigenvalue weighted by Gasteiger charge is -1.88. The zero-order valence-corrected chi connectivity index (χ0v) is 6.71. The van der Waals surface area contributed by atoms with Crippen LogP contribution < -0.4 is 0 Å². The average Bonchev–Trinajstić information content (AvgIpc) is 1.90. The molecule has 0 aromatic carbocycles. The first-order chi connectivity index (χ1) is 3.93. The van der Waals surface area contributed by atoms with E-state index in [1.54, 1.807) is 18.0 Å². The van der Waals surface area contributed by atoms with Crippen molar-refractivity contribution in [1.29, 1.82) is 0 Å². The van der Waals surface area contributed by atoms with Crippen molar-refractivity contribution in [2.45, 2.75) is 5.03 Å². The first-order valence-corrected chi connectivity index (χ1v) is 3.61. The minimum absolute atomic E-state index is 0. The summed E-state index contributed by atoms with van der Waals surface area (Å²) in [4.78, 5) is 4.06. The number of nitrogens with zero attached hydrogens (tertiary/aromatic N) is 1. The fraction of sp³-hybridized carbons (Fsp3) is 0.167. The van der Waals surface area contributed by atoms with Gasteiger partial charge in [0.1, 0.15) is 0 Å². The second-order valence-corrected chi connectivity index (χ2v) is 2.20. The summed E-state index contributed by atoms with van der Waals surface area (Å²) in [5.74, 6) is 0. The maximum atomic E-state index is 4.06. The van der Waals surface area contributed by atoms with Crippen molar-refractivity contribution in [3.05, 3.63) is 24.4 Å². The molecule has 0 aliphatic heterocycles. The number of hydrogen-bond acceptors (Lipinski definition) is 2. The minimum atomic E-state index is 0. The monoisotopic (exact) mass is 161 g/mol. The summed E-state index contributed by atoms with van der Waals surface area (Å²) in [5, 5.41) is 1.08. The fourth-order valence-corrected chi connectivity index (χ4v) is 0.849. The molecule has 0 amide bonds. The average molecular weight is 162 g/mol. The summed E-state index contributed by atoms with van der Waals surface area (Å²) < 4.78 is 0. The highest BCUT2D eigenvalue weighted by atomic mass is 35.5. The third-order valence-corrected chi connectivity index (χ3v) is 1.51. The van der Waals surface area contributed by atoms with Crippen LogP contribution in [0.3, 0.4) is 0 Å². The minimum Gasteiger partial charge on any atom is -0.250 e. The normalized spacial score (nSPS) is 8.11. The Labute approximate surface area is 65.3 Å². The highest BCUT2D eigenvalue weighted by Gasteiger charge is 1.82. The molecule has 0 saturated heterocycles. The molecular weight excluding hydrogens is 154 g/mol. The van der Waals surface area contributed by atoms with Gasteiger partial charge in [-0.25, -0.2) is 4.98 Å². The number of pyridine rings is 1. The van der Waals surface area contributed by atoms with Crippen LogP contribution in [0.4, 0.5) is 0 Å². The molecule has 0 atom stereocenters. The molecule has 0 unspecified atom stereocenters. The maximum Gasteiger partial charge on any atom is 0.0957 e. The summed E-state index contributed by atoms with van der Waals surface area (Å²) in [5.41, 5.74) is 0. The molecule has 3 heteroatoms. The summed E-state index contributed by atoms with van der Waals surface area (Å²) in [6, 6.07) is 5.89. The zero-order valence-electron chi connectivity index (χ0n) is 5.07. The van der Waals surface area contributed by atoms with Crippen LogP contribution in [0.1, 0.15) is 0 Å². The number of thioether (sulfide) groups is 1. The predicted molar refractivity (Wildman–Crippen MR) is 43.3 cm³/mol. The molecule has 0 bridgehead atoms. The summed E-state index contributed by atoms with van der Waals surface area (Å²) in [6.07, 6.45) is 3.81. The van der Waals surface area contributed by atoms with E-state index in [2.05, 4.69) is 4.98 Å². The van der Waals surface area contributed by atoms with Crippen molar-refractivity contribution in [2.24, 2.45) is 0 Å². The van der Waals surface area contributed by atoms with E-state index in [1.807, 2.05) is 24.5 Å². The first-order valence-electron chi connectivity index (χ1n) is 2.38. The van der Waals surface area contributed by atoms with Crippen molar-refractivity contribution in [1.82, 2.24) is 4.98 Å². The Balaban J connectivity index is 0.000000640. The van der Waals surface area contributed by atoms with E-state index in [1.165, 1.54) is 0 Å². The van der Waals surface area contributed by atoms with E-state index >= 15 is 0 Å². The van der Waals surface area contributed by atoms with Gasteiger partial charge in [0.2, 0.25) is 0 Å². The molecule has 0 N–H and O–H groups in total. The molecule has 0 radical (unpaired) electrons. The Morgan fingerprint density at radius 1 is 1.44 bits per heavy atom. The molecule has 0 aliphatic rings. The van der Waals surface area contributed by atoms with Crippen LogP contribution in [0.2, 0.25) is 0 Å². The van der Waals surface area contributed by atoms with Gasteiger partial charge in [0.05, 0.1) is 5.03 Å². The topological polar surface area (TPSA) is 12.9 Å². The van der Waals surface area contributed by atoms with Crippen molar-refractivity contribution >= 4 is 24.2 Å². The predicted octanol–water partition coefficient (Wildman–Crippen LogP) is 2.23. The van der Waals surface area contributed by atoms with E-state index < -0.39 is 0 Å². The van der Waals surface area contributed by atoms with Crippen molar-refractivity contribution in [3.8, 4) is 0 Å². The highest BCUT2D eigenvalue weighted by Crippen LogP contribution is 2.07. The lowest BCUT2D eigenvalue weighted by atomic mass is 10.5. The Kier molecular flexibility index (Phi) is 4.54. The number of rotatable bonds is 1. The van der Waals surface area contributed by atoms with Crippen LogP contribution in [-0.4, -0.2) is 11.2 Å². The molecule has 0 aliphatic carbocycles. The molecule has 1 aromatic heterocycles. The Morgan fingerprint density at radius 2 is 2.22 bits per heavy atom. The molecule has 1 heterocycles. The molecule has 0 saturated carbocycles. The van der Waals surface area contributed by atoms with Crippen molar-refractivity contribution in [2.75, 3.05) is 6.26 Å². The van der Waals surface area contributed by atoms with Gasteiger partial charge in [0, 0.05) is 6.20 Å². The van der Waals surface area contributed by atoms with E-state index in [-0.39, 0.29) is 12.4 Å². The van der Waals surface area contributed by atoms with Crippen LogP contribution >= 0.6 is 24.2 Å². The van der Waals surface area contributed by atoms with Crippen LogP contribution in [0.15, 0.2) is 29.4 Å². The highest BCUT2D eigenvalue weighted by molar-refractivity contribution is 7.98. The van der Waals surface area contributed by atoms with Gasteiger partial charge in [-0.3, -0.25) is 0 Å². The van der Waals surface area contributed by atoms with Gasteiger partial charge < -0.3 is 0 Å². The largest absolute Gasteiger partial charge is 0.250 e. The molecule has 1 rings (SSSR count). The second kappa shape index (κ2) is 4.65. The second-order valence-electron chi connectivity index (χ2n) is 1.37. The van der Waals surface area contributed by atoms with Gasteiger partial charge in [0.15, 0.2) is 0 Å². The number of aromatic nitrogens is 1. The Morgan fingerprint density at radius 3 is 2.56 bits per heavy atom. The molecule has 1 aromatic rings. The number of halogens is 1. The fourth-order valence-electron chi connectivity index (χ4n) is 0.468. The number of hydrogen-bond donors (Lipinski definition) is 0. The quantitative estimate of drug-likeness (QED) is 0.586. The lowest BCUT2D eigenvalue weighted by molar-refractivity contribution is 1.14. The summed E-state index contributed by atoms with van der Waals surface area (Å²) in [6.45, 7) is 0. The SMILES string of the molecule is CSc1ccccn1.Cl. The van der Waals surface area contributed by atoms with E-state index in [9.17, 15) is 0 Å². The molecule has 1 nitrogen and oxygen atoms in total. The third-order valence-electron chi connectivity index (χ3n) is 0.847. The van der Waals surface area contributed by atoms with Gasteiger partial charge in [-0.1, -0.05) is 6.07 Å². The zero-order chi connectivity index (χ0) is 5.82. The molecule has 9 heavy (non-hydrogen) atoms. The Hall–Kier alpha value is -0.210. The van der Waals surface area contributed by atoms with E-state index in [0.29, 0.717) is 0 Å². The summed E-state index contributed by atoms with van der Waals surface area (Å²) >= 11 is 1.66. The van der Waals surface area contributed by atoms with E-state index in [0.717, 1.165) is 5.03 Å². The van der Waals surface area contributed by atoms with Crippen LogP contribution in [0.5, 0.6) is 0 Å². The van der Waals surface area contributed by atoms with Gasteiger partial charge in [-0.2, -0.15) is 0 Å². The molecular formula is C6H8ClNS. The van der Waals surface area contributed by atoms with Crippen LogP contribution in [0.25, 0.3) is 0 Å². The molecule has 0 fully saturated rings. The van der Waals surface area contributed by atoms with E-state index in [4.69, 9.17) is 0 Å². The van der Waals surface area contributed by atoms with Gasteiger partial charge in [0.25, 0.3) is 0 Å². The lowest BCUT2D eigenvalue weighted by Crippen LogP contribution is -1.71. The van der Waals surface area contributed by atoms with Gasteiger partial charge in [-0.15, -0.1) is 24.2 Å². The molecule has 50 valence electrons. The van der Waals surface area contributed by atoms with Crippen molar-refractivity contribution in [3.63, 3.8) is 0 Å². The Bertz CT molecular complexity index is 154. The summed E-state index contributed by atoms with van der Waals surface area (Å²) in [7, 11) is 0. The smallest absolute Gasteiger partial charge is 0.0957 e. The first kappa shape index (κ1) is 8.79. The standard InChI is InChI=1S/C6H7NS.ClH/c1-8-6-4-2-3-5-7-6;/h2-5H,1H3;1H. The molecule has 0 spiro atoms. The van der Waals surface area contributed by atoms with Gasteiger partial charge >= 0.3 is 0 Å².